The molecule has 1 aromatic carbocycles. The van der Waals surface area contributed by atoms with E-state index in [0.29, 0.717) is 22.8 Å². The van der Waals surface area contributed by atoms with Gasteiger partial charge in [0.05, 0.1) is 21.3 Å². The zero-order valence-electron chi connectivity index (χ0n) is 14.0. The lowest BCUT2D eigenvalue weighted by Crippen LogP contribution is -2.20. The van der Waals surface area contributed by atoms with E-state index in [-0.39, 0.29) is 5.91 Å². The summed E-state index contributed by atoms with van der Waals surface area (Å²) in [5.74, 6) is 1.06. The third-order valence-electron chi connectivity index (χ3n) is 3.92. The van der Waals surface area contributed by atoms with Gasteiger partial charge < -0.3 is 14.2 Å². The molecule has 0 spiro atoms. The molecule has 1 amide bonds. The first-order valence-corrected chi connectivity index (χ1v) is 7.85. The number of methoxy groups -OCH3 is 3. The Morgan fingerprint density at radius 2 is 1.52 bits per heavy atom. The van der Waals surface area contributed by atoms with Gasteiger partial charge in [0.25, 0.3) is 5.91 Å². The van der Waals surface area contributed by atoms with Crippen molar-refractivity contribution in [3.63, 3.8) is 0 Å². The monoisotopic (exact) mass is 320 g/mol. The van der Waals surface area contributed by atoms with E-state index in [1.807, 2.05) is 0 Å². The first kappa shape index (κ1) is 17.1. The topological polar surface area (TPSA) is 69.2 Å². The average Bonchev–Trinajstić information content (AvgIpc) is 2.86. The summed E-state index contributed by atoms with van der Waals surface area (Å²) in [5.41, 5.74) is 4.11. The van der Waals surface area contributed by atoms with E-state index in [9.17, 15) is 4.79 Å². The zero-order valence-corrected chi connectivity index (χ0v) is 14.0. The van der Waals surface area contributed by atoms with E-state index in [0.717, 1.165) is 31.4 Å². The van der Waals surface area contributed by atoms with Gasteiger partial charge in [0.1, 0.15) is 0 Å². The second-order valence-corrected chi connectivity index (χ2v) is 5.45. The molecule has 0 heterocycles. The number of carbonyl (C=O) groups excluding carboxylic acids is 1. The summed E-state index contributed by atoms with van der Waals surface area (Å²) in [6, 6.07) is 3.23. The van der Waals surface area contributed by atoms with Crippen LogP contribution in [0.3, 0.4) is 0 Å². The summed E-state index contributed by atoms with van der Waals surface area (Å²) >= 11 is 0. The molecule has 2 rings (SSSR count). The number of amides is 1. The Morgan fingerprint density at radius 1 is 0.957 bits per heavy atom. The molecule has 0 bridgehead atoms. The van der Waals surface area contributed by atoms with Crippen LogP contribution in [-0.4, -0.2) is 32.9 Å². The van der Waals surface area contributed by atoms with Crippen LogP contribution in [0.15, 0.2) is 17.2 Å². The highest BCUT2D eigenvalue weighted by Crippen LogP contribution is 2.38. The lowest BCUT2D eigenvalue weighted by Gasteiger charge is -2.13. The van der Waals surface area contributed by atoms with Crippen LogP contribution in [0.4, 0.5) is 0 Å². The predicted octanol–water partition coefficient (Wildman–Crippen LogP) is 3.15. The molecule has 23 heavy (non-hydrogen) atoms. The van der Waals surface area contributed by atoms with E-state index in [4.69, 9.17) is 14.2 Å². The van der Waals surface area contributed by atoms with Gasteiger partial charge in [-0.25, -0.2) is 5.43 Å². The Labute approximate surface area is 136 Å². The Bertz CT molecular complexity index is 549. The molecule has 0 saturated heterocycles. The van der Waals surface area contributed by atoms with E-state index >= 15 is 0 Å². The number of carbonyl (C=O) groups is 1. The van der Waals surface area contributed by atoms with Crippen molar-refractivity contribution in [2.24, 2.45) is 5.10 Å². The normalized spacial score (nSPS) is 14.7. The van der Waals surface area contributed by atoms with E-state index in [1.54, 1.807) is 12.1 Å². The van der Waals surface area contributed by atoms with Gasteiger partial charge in [-0.1, -0.05) is 12.8 Å². The Morgan fingerprint density at radius 3 is 2.00 bits per heavy atom. The molecule has 1 aromatic rings. The fourth-order valence-electron chi connectivity index (χ4n) is 2.66. The highest BCUT2D eigenvalue weighted by molar-refractivity contribution is 5.96. The summed E-state index contributed by atoms with van der Waals surface area (Å²) in [6.07, 6.45) is 6.66. The van der Waals surface area contributed by atoms with Crippen LogP contribution in [-0.2, 0) is 0 Å². The predicted molar refractivity (Wildman–Crippen MR) is 88.7 cm³/mol. The number of nitrogens with zero attached hydrogens (tertiary/aromatic N) is 1. The Balaban J connectivity index is 2.16. The Kier molecular flexibility index (Phi) is 6.26. The summed E-state index contributed by atoms with van der Waals surface area (Å²) in [4.78, 5) is 12.3. The van der Waals surface area contributed by atoms with Gasteiger partial charge in [0.2, 0.25) is 5.75 Å². The number of hydrogen-bond acceptors (Lipinski definition) is 5. The minimum Gasteiger partial charge on any atom is -0.493 e. The van der Waals surface area contributed by atoms with Crippen LogP contribution in [0.2, 0.25) is 0 Å². The lowest BCUT2D eigenvalue weighted by atomic mass is 10.1. The van der Waals surface area contributed by atoms with Gasteiger partial charge in [-0.3, -0.25) is 4.79 Å². The van der Waals surface area contributed by atoms with Crippen molar-refractivity contribution in [3.05, 3.63) is 17.7 Å². The number of ether oxygens (including phenoxy) is 3. The van der Waals surface area contributed by atoms with Gasteiger partial charge in [0, 0.05) is 11.3 Å². The molecule has 0 atom stereocenters. The first-order valence-electron chi connectivity index (χ1n) is 7.85. The first-order chi connectivity index (χ1) is 11.2. The molecule has 0 unspecified atom stereocenters. The molecule has 1 aliphatic rings. The van der Waals surface area contributed by atoms with Gasteiger partial charge in [-0.2, -0.15) is 5.10 Å². The summed E-state index contributed by atoms with van der Waals surface area (Å²) in [5, 5.41) is 4.28. The van der Waals surface area contributed by atoms with Gasteiger partial charge in [-0.15, -0.1) is 0 Å². The average molecular weight is 320 g/mol. The molecule has 1 N–H and O–H groups in total. The molecular formula is C17H24N2O4. The van der Waals surface area contributed by atoms with Gasteiger partial charge >= 0.3 is 0 Å². The van der Waals surface area contributed by atoms with Crippen molar-refractivity contribution in [1.29, 1.82) is 0 Å². The standard InChI is InChI=1S/C17H24N2O4/c1-21-14-10-12(11-15(22-2)16(14)23-3)17(20)19-18-13-8-6-4-5-7-9-13/h10-11H,4-9H2,1-3H3,(H,19,20). The maximum Gasteiger partial charge on any atom is 0.271 e. The van der Waals surface area contributed by atoms with Crippen molar-refractivity contribution in [2.45, 2.75) is 38.5 Å². The molecule has 1 aliphatic carbocycles. The molecule has 6 nitrogen and oxygen atoms in total. The number of benzene rings is 1. The van der Waals surface area contributed by atoms with Crippen LogP contribution in [0.5, 0.6) is 17.2 Å². The van der Waals surface area contributed by atoms with Crippen LogP contribution < -0.4 is 19.6 Å². The quantitative estimate of drug-likeness (QED) is 0.668. The number of hydrazone groups is 1. The third-order valence-corrected chi connectivity index (χ3v) is 3.92. The lowest BCUT2D eigenvalue weighted by molar-refractivity contribution is 0.0954. The molecule has 0 aliphatic heterocycles. The summed E-state index contributed by atoms with van der Waals surface area (Å²) in [6.45, 7) is 0. The van der Waals surface area contributed by atoms with E-state index in [1.165, 1.54) is 34.2 Å². The summed E-state index contributed by atoms with van der Waals surface area (Å²) < 4.78 is 15.8. The van der Waals surface area contributed by atoms with Gasteiger partial charge in [0.15, 0.2) is 11.5 Å². The molecule has 6 heteroatoms. The molecule has 1 fully saturated rings. The second kappa shape index (κ2) is 8.41. The fraction of sp³-hybridized carbons (Fsp3) is 0.529. The van der Waals surface area contributed by atoms with E-state index < -0.39 is 0 Å². The highest BCUT2D eigenvalue weighted by Gasteiger charge is 2.17. The minimum absolute atomic E-state index is 0.291. The van der Waals surface area contributed by atoms with E-state index in [2.05, 4.69) is 10.5 Å². The highest BCUT2D eigenvalue weighted by atomic mass is 16.5. The van der Waals surface area contributed by atoms with Crippen LogP contribution in [0.25, 0.3) is 0 Å². The molecule has 0 aromatic heterocycles. The minimum atomic E-state index is -0.291. The van der Waals surface area contributed by atoms with Crippen molar-refractivity contribution >= 4 is 11.6 Å². The molecular weight excluding hydrogens is 296 g/mol. The van der Waals surface area contributed by atoms with Gasteiger partial charge in [-0.05, 0) is 37.8 Å². The fourth-order valence-corrected chi connectivity index (χ4v) is 2.66. The van der Waals surface area contributed by atoms with Crippen molar-refractivity contribution < 1.29 is 19.0 Å². The third kappa shape index (κ3) is 4.37. The largest absolute Gasteiger partial charge is 0.493 e. The molecule has 0 radical (unpaired) electrons. The SMILES string of the molecule is COc1cc(C(=O)NN=C2CCCCCC2)cc(OC)c1OC. The number of rotatable bonds is 5. The van der Waals surface area contributed by atoms with Crippen molar-refractivity contribution in [1.82, 2.24) is 5.43 Å². The van der Waals surface area contributed by atoms with Crippen LogP contribution in [0, 0.1) is 0 Å². The Hall–Kier alpha value is -2.24. The van der Waals surface area contributed by atoms with Crippen molar-refractivity contribution in [3.8, 4) is 17.2 Å². The molecule has 1 saturated carbocycles. The van der Waals surface area contributed by atoms with Crippen molar-refractivity contribution in [2.75, 3.05) is 21.3 Å². The molecule has 126 valence electrons. The number of hydrogen-bond donors (Lipinski definition) is 1. The smallest absolute Gasteiger partial charge is 0.271 e. The zero-order chi connectivity index (χ0) is 16.7. The number of nitrogens with one attached hydrogen (secondary N) is 1. The second-order valence-electron chi connectivity index (χ2n) is 5.45. The maximum absolute atomic E-state index is 12.3. The van der Waals surface area contributed by atoms with Crippen LogP contribution >= 0.6 is 0 Å². The maximum atomic E-state index is 12.3. The summed E-state index contributed by atoms with van der Waals surface area (Å²) in [7, 11) is 4.56. The van der Waals surface area contributed by atoms with Crippen LogP contribution in [0.1, 0.15) is 48.9 Å².